The highest BCUT2D eigenvalue weighted by Crippen LogP contribution is 2.27. The molecule has 5 heteroatoms. The van der Waals surface area contributed by atoms with Gasteiger partial charge >= 0.3 is 0 Å². The van der Waals surface area contributed by atoms with Crippen LogP contribution in [0.15, 0.2) is 10.9 Å². The van der Waals surface area contributed by atoms with Gasteiger partial charge in [0, 0.05) is 12.6 Å². The average molecular weight is 264 g/mol. The maximum atomic E-state index is 4.83. The Labute approximate surface area is 114 Å². The number of hydrogen-bond donors (Lipinski definition) is 1. The van der Waals surface area contributed by atoms with Crippen molar-refractivity contribution >= 4 is 0 Å². The molecule has 0 amide bonds. The summed E-state index contributed by atoms with van der Waals surface area (Å²) in [5.41, 5.74) is 0. The molecule has 0 spiro atoms. The largest absolute Gasteiger partial charge is 0.343 e. The van der Waals surface area contributed by atoms with Crippen LogP contribution in [-0.2, 0) is 6.54 Å². The fourth-order valence-electron chi connectivity index (χ4n) is 3.48. The van der Waals surface area contributed by atoms with Gasteiger partial charge in [-0.3, -0.25) is 4.90 Å². The topological polar surface area (TPSA) is 54.2 Å². The van der Waals surface area contributed by atoms with Crippen LogP contribution >= 0.6 is 0 Å². The minimum Gasteiger partial charge on any atom is -0.343 e. The Kier molecular flexibility index (Phi) is 4.45. The zero-order valence-electron chi connectivity index (χ0n) is 11.6. The van der Waals surface area contributed by atoms with E-state index in [9.17, 15) is 0 Å². The van der Waals surface area contributed by atoms with Gasteiger partial charge in [0.05, 0.1) is 6.54 Å². The van der Waals surface area contributed by atoms with Gasteiger partial charge in [-0.2, -0.15) is 4.98 Å². The van der Waals surface area contributed by atoms with E-state index < -0.39 is 0 Å². The van der Waals surface area contributed by atoms with Gasteiger partial charge in [0.2, 0.25) is 6.39 Å². The van der Waals surface area contributed by atoms with Gasteiger partial charge in [0.15, 0.2) is 5.82 Å². The van der Waals surface area contributed by atoms with Gasteiger partial charge in [0.25, 0.3) is 0 Å². The van der Waals surface area contributed by atoms with Crippen LogP contribution in [0.1, 0.15) is 44.3 Å². The molecule has 1 aromatic rings. The van der Waals surface area contributed by atoms with Crippen LogP contribution in [0, 0.1) is 5.92 Å². The molecule has 5 nitrogen and oxygen atoms in total. The number of nitrogens with one attached hydrogen (secondary N) is 1. The van der Waals surface area contributed by atoms with E-state index in [4.69, 9.17) is 4.52 Å². The van der Waals surface area contributed by atoms with Crippen molar-refractivity contribution in [2.45, 2.75) is 51.1 Å². The van der Waals surface area contributed by atoms with Gasteiger partial charge < -0.3 is 9.84 Å². The van der Waals surface area contributed by atoms with Gasteiger partial charge in [-0.1, -0.05) is 24.4 Å². The number of nitrogens with zero attached hydrogens (tertiary/aromatic N) is 3. The van der Waals surface area contributed by atoms with Crippen molar-refractivity contribution in [2.75, 3.05) is 19.6 Å². The van der Waals surface area contributed by atoms with Crippen LogP contribution in [0.3, 0.4) is 0 Å². The predicted octanol–water partition coefficient (Wildman–Crippen LogP) is 1.81. The fraction of sp³-hybridized carbons (Fsp3) is 0.857. The van der Waals surface area contributed by atoms with Crippen molar-refractivity contribution in [3.8, 4) is 0 Å². The van der Waals surface area contributed by atoms with Crippen LogP contribution in [-0.4, -0.2) is 40.7 Å². The SMILES string of the molecule is c1nc(CN2CCCNC(C3CCCCC3)C2)no1. The average Bonchev–Trinajstić information content (AvgIpc) is 2.84. The van der Waals surface area contributed by atoms with E-state index in [2.05, 4.69) is 20.4 Å². The number of rotatable bonds is 3. The molecule has 3 rings (SSSR count). The lowest BCUT2D eigenvalue weighted by molar-refractivity contribution is 0.197. The second-order valence-electron chi connectivity index (χ2n) is 5.89. The minimum absolute atomic E-state index is 0.648. The zero-order chi connectivity index (χ0) is 12.9. The molecule has 2 aliphatic rings. The molecule has 0 bridgehead atoms. The maximum absolute atomic E-state index is 4.83. The highest BCUT2D eigenvalue weighted by atomic mass is 16.5. The van der Waals surface area contributed by atoms with Crippen LogP contribution in [0.5, 0.6) is 0 Å². The molecular weight excluding hydrogens is 240 g/mol. The molecule has 1 N–H and O–H groups in total. The molecule has 0 aromatic carbocycles. The van der Waals surface area contributed by atoms with Crippen LogP contribution in [0.2, 0.25) is 0 Å². The van der Waals surface area contributed by atoms with E-state index in [0.717, 1.165) is 37.9 Å². The van der Waals surface area contributed by atoms with Gasteiger partial charge in [-0.25, -0.2) is 0 Å². The summed E-state index contributed by atoms with van der Waals surface area (Å²) in [6, 6.07) is 0.648. The number of aromatic nitrogens is 2. The summed E-state index contributed by atoms with van der Waals surface area (Å²) in [5.74, 6) is 1.67. The normalized spacial score (nSPS) is 27.3. The van der Waals surface area contributed by atoms with Gasteiger partial charge in [0.1, 0.15) is 0 Å². The summed E-state index contributed by atoms with van der Waals surface area (Å²) in [6.07, 6.45) is 9.67. The molecule has 1 saturated heterocycles. The summed E-state index contributed by atoms with van der Waals surface area (Å²) in [7, 11) is 0. The summed E-state index contributed by atoms with van der Waals surface area (Å²) in [6.45, 7) is 4.22. The van der Waals surface area contributed by atoms with Crippen molar-refractivity contribution in [3.63, 3.8) is 0 Å². The lowest BCUT2D eigenvalue weighted by atomic mass is 9.83. The molecule has 1 aliphatic carbocycles. The van der Waals surface area contributed by atoms with Crippen LogP contribution < -0.4 is 5.32 Å². The highest BCUT2D eigenvalue weighted by Gasteiger charge is 2.27. The molecule has 1 aromatic heterocycles. The first kappa shape index (κ1) is 13.1. The summed E-state index contributed by atoms with van der Waals surface area (Å²) in [4.78, 5) is 6.61. The Morgan fingerprint density at radius 3 is 2.95 bits per heavy atom. The quantitative estimate of drug-likeness (QED) is 0.902. The lowest BCUT2D eigenvalue weighted by Gasteiger charge is -2.32. The molecule has 1 atom stereocenters. The Morgan fingerprint density at radius 1 is 1.26 bits per heavy atom. The molecular formula is C14H24N4O. The van der Waals surface area contributed by atoms with E-state index in [1.54, 1.807) is 0 Å². The van der Waals surface area contributed by atoms with E-state index in [1.807, 2.05) is 0 Å². The predicted molar refractivity (Wildman–Crippen MR) is 72.6 cm³/mol. The smallest absolute Gasteiger partial charge is 0.213 e. The van der Waals surface area contributed by atoms with Crippen molar-refractivity contribution in [3.05, 3.63) is 12.2 Å². The summed E-state index contributed by atoms with van der Waals surface area (Å²) in [5, 5.41) is 7.69. The lowest BCUT2D eigenvalue weighted by Crippen LogP contribution is -2.43. The molecule has 19 heavy (non-hydrogen) atoms. The second kappa shape index (κ2) is 6.48. The number of hydrogen-bond acceptors (Lipinski definition) is 5. The van der Waals surface area contributed by atoms with Crippen LogP contribution in [0.4, 0.5) is 0 Å². The maximum Gasteiger partial charge on any atom is 0.213 e. The monoisotopic (exact) mass is 264 g/mol. The first-order chi connectivity index (χ1) is 9.42. The Bertz CT molecular complexity index is 362. The van der Waals surface area contributed by atoms with Crippen molar-refractivity contribution in [1.29, 1.82) is 0 Å². The van der Waals surface area contributed by atoms with E-state index >= 15 is 0 Å². The van der Waals surface area contributed by atoms with Crippen molar-refractivity contribution in [1.82, 2.24) is 20.4 Å². The van der Waals surface area contributed by atoms with Gasteiger partial charge in [-0.15, -0.1) is 0 Å². The third kappa shape index (κ3) is 3.54. The minimum atomic E-state index is 0.648. The fourth-order valence-corrected chi connectivity index (χ4v) is 3.48. The second-order valence-corrected chi connectivity index (χ2v) is 5.89. The third-order valence-electron chi connectivity index (χ3n) is 4.50. The first-order valence-electron chi connectivity index (χ1n) is 7.63. The van der Waals surface area contributed by atoms with E-state index in [0.29, 0.717) is 6.04 Å². The molecule has 1 saturated carbocycles. The highest BCUT2D eigenvalue weighted by molar-refractivity contribution is 4.87. The molecule has 0 radical (unpaired) electrons. The first-order valence-corrected chi connectivity index (χ1v) is 7.63. The van der Waals surface area contributed by atoms with E-state index in [1.165, 1.54) is 44.9 Å². The summed E-state index contributed by atoms with van der Waals surface area (Å²) >= 11 is 0. The molecule has 1 unspecified atom stereocenters. The summed E-state index contributed by atoms with van der Waals surface area (Å²) < 4.78 is 4.83. The Hall–Kier alpha value is -0.940. The standard InChI is InChI=1S/C14H24N4O/c1-2-5-12(6-3-1)13-9-18(8-4-7-15-13)10-14-16-11-19-17-14/h11-13,15H,1-10H2. The van der Waals surface area contributed by atoms with Crippen molar-refractivity contribution in [2.24, 2.45) is 5.92 Å². The molecule has 1 aliphatic heterocycles. The van der Waals surface area contributed by atoms with E-state index in [-0.39, 0.29) is 0 Å². The third-order valence-corrected chi connectivity index (χ3v) is 4.50. The molecule has 2 fully saturated rings. The molecule has 106 valence electrons. The Morgan fingerprint density at radius 2 is 2.16 bits per heavy atom. The van der Waals surface area contributed by atoms with Crippen LogP contribution in [0.25, 0.3) is 0 Å². The molecule has 2 heterocycles. The Balaban J connectivity index is 1.58. The zero-order valence-corrected chi connectivity index (χ0v) is 11.6. The van der Waals surface area contributed by atoms with Crippen molar-refractivity contribution < 1.29 is 4.52 Å². The van der Waals surface area contributed by atoms with Gasteiger partial charge in [-0.05, 0) is 38.3 Å².